The Morgan fingerprint density at radius 2 is 2.17 bits per heavy atom. The molecule has 1 aromatic heterocycles. The van der Waals surface area contributed by atoms with Crippen LogP contribution in [0.5, 0.6) is 0 Å². The minimum atomic E-state index is -4.40. The molecular formula is C16H16F3N3O2. The third-order valence-electron chi connectivity index (χ3n) is 4.05. The predicted octanol–water partition coefficient (Wildman–Crippen LogP) is 3.51. The number of nitrogens with zero attached hydrogens (tertiary/aromatic N) is 2. The number of hydrogen-bond acceptors (Lipinski definition) is 4. The number of alkyl halides is 3. The number of fused-ring (bicyclic) bond motifs is 1. The molecule has 1 aromatic carbocycles. The molecule has 0 radical (unpaired) electrons. The first kappa shape index (κ1) is 16.4. The number of aromatic nitrogens is 1. The summed E-state index contributed by atoms with van der Waals surface area (Å²) in [6, 6.07) is 5.23. The molecular weight excluding hydrogens is 323 g/mol. The summed E-state index contributed by atoms with van der Waals surface area (Å²) in [6.45, 7) is 1.06. The van der Waals surface area contributed by atoms with Gasteiger partial charge in [0, 0.05) is 36.4 Å². The number of likely N-dealkylation sites (tertiary alicyclic amines) is 1. The molecule has 128 valence electrons. The molecule has 8 heteroatoms. The molecule has 0 spiro atoms. The van der Waals surface area contributed by atoms with Crippen molar-refractivity contribution in [3.8, 4) is 0 Å². The molecule has 0 saturated carbocycles. The van der Waals surface area contributed by atoms with E-state index in [1.54, 1.807) is 11.0 Å². The summed E-state index contributed by atoms with van der Waals surface area (Å²) < 4.78 is 43.1. The Kier molecular flexibility index (Phi) is 4.21. The molecule has 1 aliphatic rings. The van der Waals surface area contributed by atoms with Gasteiger partial charge in [-0.25, -0.2) is 4.79 Å². The molecule has 24 heavy (non-hydrogen) atoms. The molecule has 2 heterocycles. The highest BCUT2D eigenvalue weighted by Crippen LogP contribution is 2.33. The van der Waals surface area contributed by atoms with Crippen LogP contribution in [0.15, 0.2) is 30.5 Å². The predicted molar refractivity (Wildman–Crippen MR) is 82.8 cm³/mol. The first-order valence-corrected chi connectivity index (χ1v) is 7.44. The molecule has 5 nitrogen and oxygen atoms in total. The summed E-state index contributed by atoms with van der Waals surface area (Å²) in [7, 11) is 1.33. The van der Waals surface area contributed by atoms with Crippen LogP contribution in [0.25, 0.3) is 10.9 Å². The number of carbonyl (C=O) groups is 1. The Bertz CT molecular complexity index is 764. The van der Waals surface area contributed by atoms with E-state index in [0.29, 0.717) is 24.2 Å². The summed E-state index contributed by atoms with van der Waals surface area (Å²) in [5.74, 6) is 0. The minimum Gasteiger partial charge on any atom is -0.453 e. The Morgan fingerprint density at radius 3 is 2.88 bits per heavy atom. The lowest BCUT2D eigenvalue weighted by atomic mass is 10.1. The summed E-state index contributed by atoms with van der Waals surface area (Å²) in [5.41, 5.74) is 0.250. The second-order valence-corrected chi connectivity index (χ2v) is 5.63. The highest BCUT2D eigenvalue weighted by molar-refractivity contribution is 5.91. The average molecular weight is 339 g/mol. The maximum Gasteiger partial charge on any atom is 0.416 e. The Labute approximate surface area is 136 Å². The van der Waals surface area contributed by atoms with E-state index in [0.717, 1.165) is 18.6 Å². The van der Waals surface area contributed by atoms with Crippen LogP contribution < -0.4 is 5.32 Å². The molecule has 1 N–H and O–H groups in total. The summed E-state index contributed by atoms with van der Waals surface area (Å²) in [4.78, 5) is 17.1. The van der Waals surface area contributed by atoms with Crippen LogP contribution in [-0.4, -0.2) is 42.2 Å². The first-order valence-electron chi connectivity index (χ1n) is 7.44. The van der Waals surface area contributed by atoms with E-state index in [9.17, 15) is 18.0 Å². The summed E-state index contributed by atoms with van der Waals surface area (Å²) >= 11 is 0. The van der Waals surface area contributed by atoms with Crippen LogP contribution >= 0.6 is 0 Å². The fourth-order valence-electron chi connectivity index (χ4n) is 2.84. The van der Waals surface area contributed by atoms with Crippen molar-refractivity contribution in [3.05, 3.63) is 36.0 Å². The van der Waals surface area contributed by atoms with Crippen molar-refractivity contribution in [1.29, 1.82) is 0 Å². The van der Waals surface area contributed by atoms with Crippen molar-refractivity contribution in [1.82, 2.24) is 9.88 Å². The van der Waals surface area contributed by atoms with Crippen molar-refractivity contribution in [2.24, 2.45) is 0 Å². The molecule has 1 atom stereocenters. The quantitative estimate of drug-likeness (QED) is 0.910. The highest BCUT2D eigenvalue weighted by Gasteiger charge is 2.31. The minimum absolute atomic E-state index is 0.0111. The van der Waals surface area contributed by atoms with Gasteiger partial charge in [0.1, 0.15) is 0 Å². The number of pyridine rings is 1. The van der Waals surface area contributed by atoms with Gasteiger partial charge < -0.3 is 15.0 Å². The van der Waals surface area contributed by atoms with Gasteiger partial charge in [-0.2, -0.15) is 13.2 Å². The summed E-state index contributed by atoms with van der Waals surface area (Å²) in [5, 5.41) is 3.89. The van der Waals surface area contributed by atoms with E-state index in [-0.39, 0.29) is 17.7 Å². The Morgan fingerprint density at radius 1 is 1.38 bits per heavy atom. The molecule has 2 aromatic rings. The van der Waals surface area contributed by atoms with Crippen LogP contribution in [0.4, 0.5) is 23.7 Å². The second kappa shape index (κ2) is 6.18. The molecule has 1 amide bonds. The van der Waals surface area contributed by atoms with E-state index in [4.69, 9.17) is 4.74 Å². The number of halogens is 3. The summed E-state index contributed by atoms with van der Waals surface area (Å²) in [6.07, 6.45) is -2.57. The van der Waals surface area contributed by atoms with Crippen LogP contribution in [0, 0.1) is 0 Å². The lowest BCUT2D eigenvalue weighted by Crippen LogP contribution is -2.31. The van der Waals surface area contributed by atoms with Gasteiger partial charge in [-0.3, -0.25) is 4.98 Å². The zero-order chi connectivity index (χ0) is 17.3. The van der Waals surface area contributed by atoms with Crippen LogP contribution in [-0.2, 0) is 10.9 Å². The highest BCUT2D eigenvalue weighted by atomic mass is 19.4. The van der Waals surface area contributed by atoms with E-state index >= 15 is 0 Å². The van der Waals surface area contributed by atoms with E-state index in [1.165, 1.54) is 19.4 Å². The largest absolute Gasteiger partial charge is 0.453 e. The number of hydrogen-bond donors (Lipinski definition) is 1. The molecule has 0 aliphatic carbocycles. The van der Waals surface area contributed by atoms with Crippen molar-refractivity contribution in [2.45, 2.75) is 18.6 Å². The number of methoxy groups -OCH3 is 1. The van der Waals surface area contributed by atoms with Gasteiger partial charge in [-0.05, 0) is 24.6 Å². The van der Waals surface area contributed by atoms with Gasteiger partial charge in [0.2, 0.25) is 0 Å². The standard InChI is InChI=1S/C16H16F3N3O2/c1-24-15(23)22-7-5-11(9-22)21-13-4-6-20-14-8-10(16(17,18)19)2-3-12(13)14/h2-4,6,8,11H,5,7,9H2,1H3,(H,20,21). The Hall–Kier alpha value is -2.51. The number of rotatable bonds is 2. The maximum absolute atomic E-state index is 12.8. The molecule has 1 fully saturated rings. The number of anilines is 1. The topological polar surface area (TPSA) is 54.5 Å². The van der Waals surface area contributed by atoms with Crippen molar-refractivity contribution in [2.75, 3.05) is 25.5 Å². The number of benzene rings is 1. The number of ether oxygens (including phenoxy) is 1. The maximum atomic E-state index is 12.8. The third-order valence-corrected chi connectivity index (χ3v) is 4.05. The van der Waals surface area contributed by atoms with Gasteiger partial charge in [0.15, 0.2) is 0 Å². The first-order chi connectivity index (χ1) is 11.4. The van der Waals surface area contributed by atoms with E-state index in [2.05, 4.69) is 10.3 Å². The smallest absolute Gasteiger partial charge is 0.416 e. The molecule has 3 rings (SSSR count). The van der Waals surface area contributed by atoms with Crippen molar-refractivity contribution in [3.63, 3.8) is 0 Å². The van der Waals surface area contributed by atoms with Crippen LogP contribution in [0.1, 0.15) is 12.0 Å². The fourth-order valence-corrected chi connectivity index (χ4v) is 2.84. The average Bonchev–Trinajstić information content (AvgIpc) is 3.01. The fraction of sp³-hybridized carbons (Fsp3) is 0.375. The normalized spacial score (nSPS) is 18.0. The molecule has 1 saturated heterocycles. The van der Waals surface area contributed by atoms with E-state index in [1.807, 2.05) is 0 Å². The molecule has 0 bridgehead atoms. The SMILES string of the molecule is COC(=O)N1CCC(Nc2ccnc3cc(C(F)(F)F)ccc23)C1. The monoisotopic (exact) mass is 339 g/mol. The van der Waals surface area contributed by atoms with Crippen LogP contribution in [0.2, 0.25) is 0 Å². The van der Waals surface area contributed by atoms with Gasteiger partial charge in [-0.1, -0.05) is 6.07 Å². The van der Waals surface area contributed by atoms with Gasteiger partial charge >= 0.3 is 12.3 Å². The lowest BCUT2D eigenvalue weighted by molar-refractivity contribution is -0.137. The van der Waals surface area contributed by atoms with Crippen LogP contribution in [0.3, 0.4) is 0 Å². The molecule has 1 aliphatic heterocycles. The Balaban J connectivity index is 1.82. The zero-order valence-corrected chi connectivity index (χ0v) is 12.9. The third kappa shape index (κ3) is 3.22. The zero-order valence-electron chi connectivity index (χ0n) is 12.9. The number of carbonyl (C=O) groups excluding carboxylic acids is 1. The van der Waals surface area contributed by atoms with Gasteiger partial charge in [-0.15, -0.1) is 0 Å². The van der Waals surface area contributed by atoms with Crippen molar-refractivity contribution >= 4 is 22.7 Å². The van der Waals surface area contributed by atoms with Gasteiger partial charge in [0.25, 0.3) is 0 Å². The van der Waals surface area contributed by atoms with Gasteiger partial charge in [0.05, 0.1) is 18.2 Å². The van der Waals surface area contributed by atoms with E-state index < -0.39 is 11.7 Å². The second-order valence-electron chi connectivity index (χ2n) is 5.63. The lowest BCUT2D eigenvalue weighted by Gasteiger charge is -2.17. The molecule has 1 unspecified atom stereocenters. The van der Waals surface area contributed by atoms with Crippen molar-refractivity contribution < 1.29 is 22.7 Å². The number of amides is 1. The number of nitrogens with one attached hydrogen (secondary N) is 1.